The molecule has 2 aromatic carbocycles. The van der Waals surface area contributed by atoms with Gasteiger partial charge in [0.25, 0.3) is 0 Å². The Bertz CT molecular complexity index is 1290. The predicted octanol–water partition coefficient (Wildman–Crippen LogP) is 5.79. The van der Waals surface area contributed by atoms with Crippen molar-refractivity contribution in [2.45, 2.75) is 13.1 Å². The molecule has 0 aliphatic carbocycles. The van der Waals surface area contributed by atoms with Crippen LogP contribution in [-0.4, -0.2) is 24.9 Å². The van der Waals surface area contributed by atoms with Gasteiger partial charge in [0.05, 0.1) is 17.5 Å². The highest BCUT2D eigenvalue weighted by atomic mass is 32.1. The lowest BCUT2D eigenvalue weighted by atomic mass is 10.1. The Morgan fingerprint density at radius 2 is 1.79 bits per heavy atom. The van der Waals surface area contributed by atoms with Gasteiger partial charge in [0.2, 0.25) is 5.95 Å². The van der Waals surface area contributed by atoms with E-state index in [4.69, 9.17) is 12.2 Å². The van der Waals surface area contributed by atoms with Crippen LogP contribution in [0.25, 0.3) is 11.4 Å². The third-order valence-corrected chi connectivity index (χ3v) is 5.01. The third-order valence-electron chi connectivity index (χ3n) is 4.68. The number of nitrogens with zero attached hydrogens (tertiary/aromatic N) is 4. The zero-order valence-corrected chi connectivity index (χ0v) is 18.1. The van der Waals surface area contributed by atoms with E-state index in [1.165, 1.54) is 12.1 Å². The van der Waals surface area contributed by atoms with Crippen molar-refractivity contribution in [3.63, 3.8) is 0 Å². The normalized spacial score (nSPS) is 11.2. The lowest BCUT2D eigenvalue weighted by Crippen LogP contribution is -2.13. The van der Waals surface area contributed by atoms with Crippen molar-refractivity contribution in [1.82, 2.24) is 19.9 Å². The van der Waals surface area contributed by atoms with Crippen molar-refractivity contribution < 1.29 is 13.2 Å². The van der Waals surface area contributed by atoms with Gasteiger partial charge in [0.15, 0.2) is 0 Å². The first-order chi connectivity index (χ1) is 15.8. The second kappa shape index (κ2) is 9.29. The van der Waals surface area contributed by atoms with Crippen LogP contribution in [0.1, 0.15) is 16.7 Å². The highest BCUT2D eigenvalue weighted by molar-refractivity contribution is 7.81. The molecule has 166 valence electrons. The second-order valence-electron chi connectivity index (χ2n) is 7.04. The van der Waals surface area contributed by atoms with Crippen molar-refractivity contribution in [3.05, 3.63) is 90.0 Å². The van der Waals surface area contributed by atoms with Gasteiger partial charge in [-0.3, -0.25) is 9.97 Å². The number of hydrogen-bond acceptors (Lipinski definition) is 6. The average molecular weight is 466 g/mol. The fraction of sp³-hybridized carbons (Fsp3) is 0.0870. The standard InChI is InChI=1S/C23H17F3N6S/c1-14-5-6-17(30-21(33)15-3-2-4-16(11-15)23(24,25)26)12-19(14)32-22-29-8-7-18(31-22)20-13-27-9-10-28-20/h2-13H,1H3,(H,30,33)(H,29,31,32). The first kappa shape index (κ1) is 22.3. The molecule has 2 aromatic heterocycles. The molecule has 2 heterocycles. The number of aryl methyl sites for hydroxylation is 1. The van der Waals surface area contributed by atoms with Crippen LogP contribution in [0.5, 0.6) is 0 Å². The number of alkyl halides is 3. The summed E-state index contributed by atoms with van der Waals surface area (Å²) in [5, 5.41) is 6.15. The maximum atomic E-state index is 13.0. The Hall–Kier alpha value is -3.92. The number of halogens is 3. The SMILES string of the molecule is Cc1ccc(NC(=S)c2cccc(C(F)(F)F)c2)cc1Nc1nccc(-c2cnccn2)n1. The number of rotatable bonds is 5. The summed E-state index contributed by atoms with van der Waals surface area (Å²) in [6.07, 6.45) is 1.94. The molecule has 6 nitrogen and oxygen atoms in total. The van der Waals surface area contributed by atoms with Gasteiger partial charge in [-0.25, -0.2) is 9.97 Å². The van der Waals surface area contributed by atoms with Gasteiger partial charge in [-0.05, 0) is 42.8 Å². The van der Waals surface area contributed by atoms with Gasteiger partial charge in [-0.1, -0.05) is 30.4 Å². The van der Waals surface area contributed by atoms with Crippen LogP contribution < -0.4 is 10.6 Å². The Morgan fingerprint density at radius 1 is 0.939 bits per heavy atom. The monoisotopic (exact) mass is 466 g/mol. The van der Waals surface area contributed by atoms with Crippen LogP contribution in [0, 0.1) is 6.92 Å². The van der Waals surface area contributed by atoms with E-state index in [2.05, 4.69) is 30.6 Å². The zero-order valence-electron chi connectivity index (χ0n) is 17.3. The minimum absolute atomic E-state index is 0.178. The van der Waals surface area contributed by atoms with E-state index in [0.717, 1.165) is 17.7 Å². The molecule has 0 atom stereocenters. The first-order valence-corrected chi connectivity index (χ1v) is 10.2. The fourth-order valence-electron chi connectivity index (χ4n) is 2.99. The summed E-state index contributed by atoms with van der Waals surface area (Å²) in [4.78, 5) is 17.2. The van der Waals surface area contributed by atoms with E-state index in [1.54, 1.807) is 43.0 Å². The molecule has 10 heteroatoms. The van der Waals surface area contributed by atoms with E-state index in [1.807, 2.05) is 13.0 Å². The van der Waals surface area contributed by atoms with Crippen LogP contribution in [0.2, 0.25) is 0 Å². The highest BCUT2D eigenvalue weighted by Crippen LogP contribution is 2.30. The number of nitrogens with one attached hydrogen (secondary N) is 2. The number of anilines is 3. The molecule has 0 unspecified atom stereocenters. The van der Waals surface area contributed by atoms with Crippen LogP contribution in [0.3, 0.4) is 0 Å². The van der Waals surface area contributed by atoms with E-state index in [-0.39, 0.29) is 10.6 Å². The summed E-state index contributed by atoms with van der Waals surface area (Å²) in [6.45, 7) is 1.91. The summed E-state index contributed by atoms with van der Waals surface area (Å²) in [5.74, 6) is 0.360. The van der Waals surface area contributed by atoms with Gasteiger partial charge < -0.3 is 10.6 Å². The van der Waals surface area contributed by atoms with Crippen LogP contribution >= 0.6 is 12.2 Å². The van der Waals surface area contributed by atoms with Crippen molar-refractivity contribution in [1.29, 1.82) is 0 Å². The van der Waals surface area contributed by atoms with Gasteiger partial charge in [-0.15, -0.1) is 0 Å². The molecule has 0 radical (unpaired) electrons. The molecule has 0 spiro atoms. The molecule has 0 saturated heterocycles. The first-order valence-electron chi connectivity index (χ1n) is 9.75. The third kappa shape index (κ3) is 5.47. The molecule has 0 bridgehead atoms. The minimum Gasteiger partial charge on any atom is -0.346 e. The Morgan fingerprint density at radius 3 is 2.55 bits per heavy atom. The quantitative estimate of drug-likeness (QED) is 0.361. The molecule has 2 N–H and O–H groups in total. The summed E-state index contributed by atoms with van der Waals surface area (Å²) in [6, 6.07) is 12.0. The maximum Gasteiger partial charge on any atom is 0.416 e. The van der Waals surface area contributed by atoms with E-state index < -0.39 is 11.7 Å². The number of benzene rings is 2. The van der Waals surface area contributed by atoms with Crippen molar-refractivity contribution in [3.8, 4) is 11.4 Å². The van der Waals surface area contributed by atoms with Gasteiger partial charge in [-0.2, -0.15) is 13.2 Å². The van der Waals surface area contributed by atoms with E-state index in [0.29, 0.717) is 28.7 Å². The van der Waals surface area contributed by atoms with Gasteiger partial charge >= 0.3 is 6.18 Å². The van der Waals surface area contributed by atoms with Crippen LogP contribution in [-0.2, 0) is 6.18 Å². The Kier molecular flexibility index (Phi) is 6.27. The van der Waals surface area contributed by atoms with Crippen LogP contribution in [0.15, 0.2) is 73.3 Å². The molecule has 4 rings (SSSR count). The fourth-order valence-corrected chi connectivity index (χ4v) is 3.23. The molecule has 33 heavy (non-hydrogen) atoms. The summed E-state index contributed by atoms with van der Waals surface area (Å²) < 4.78 is 39.0. The molecule has 0 fully saturated rings. The average Bonchev–Trinajstić information content (AvgIpc) is 2.81. The molecular weight excluding hydrogens is 449 g/mol. The summed E-state index contributed by atoms with van der Waals surface area (Å²) >= 11 is 5.33. The number of thiocarbonyl (C=S) groups is 1. The van der Waals surface area contributed by atoms with Crippen molar-refractivity contribution in [2.75, 3.05) is 10.6 Å². The van der Waals surface area contributed by atoms with Gasteiger partial charge in [0.1, 0.15) is 10.7 Å². The predicted molar refractivity (Wildman–Crippen MR) is 124 cm³/mol. The number of hydrogen-bond donors (Lipinski definition) is 2. The maximum absolute atomic E-state index is 13.0. The minimum atomic E-state index is -4.44. The smallest absolute Gasteiger partial charge is 0.346 e. The molecule has 0 aliphatic rings. The van der Waals surface area contributed by atoms with Gasteiger partial charge in [0, 0.05) is 35.5 Å². The topological polar surface area (TPSA) is 75.6 Å². The summed E-state index contributed by atoms with van der Waals surface area (Å²) in [7, 11) is 0. The molecule has 0 aliphatic heterocycles. The molecular formula is C23H17F3N6S. The van der Waals surface area contributed by atoms with E-state index >= 15 is 0 Å². The Balaban J connectivity index is 1.54. The van der Waals surface area contributed by atoms with Crippen molar-refractivity contribution >= 4 is 34.5 Å². The molecule has 0 amide bonds. The van der Waals surface area contributed by atoms with E-state index in [9.17, 15) is 13.2 Å². The largest absolute Gasteiger partial charge is 0.416 e. The van der Waals surface area contributed by atoms with Crippen molar-refractivity contribution in [2.24, 2.45) is 0 Å². The zero-order chi connectivity index (χ0) is 23.4. The molecule has 0 saturated carbocycles. The molecule has 4 aromatic rings. The number of aromatic nitrogens is 4. The highest BCUT2D eigenvalue weighted by Gasteiger charge is 2.30. The summed E-state index contributed by atoms with van der Waals surface area (Å²) in [5.41, 5.74) is 2.98. The second-order valence-corrected chi connectivity index (χ2v) is 7.45. The Labute approximate surface area is 193 Å². The van der Waals surface area contributed by atoms with Crippen LogP contribution in [0.4, 0.5) is 30.5 Å². The lowest BCUT2D eigenvalue weighted by Gasteiger charge is -2.14. The lowest BCUT2D eigenvalue weighted by molar-refractivity contribution is -0.137.